The van der Waals surface area contributed by atoms with Gasteiger partial charge in [-0.3, -0.25) is 4.79 Å². The van der Waals surface area contributed by atoms with Crippen LogP contribution in [0, 0.1) is 0 Å². The van der Waals surface area contributed by atoms with Gasteiger partial charge in [0.1, 0.15) is 0 Å². The van der Waals surface area contributed by atoms with Gasteiger partial charge in [-0.05, 0) is 42.3 Å². The van der Waals surface area contributed by atoms with Crippen molar-refractivity contribution in [1.29, 1.82) is 0 Å². The maximum absolute atomic E-state index is 9.00. The number of carbonyl (C=O) groups is 2. The Hall–Kier alpha value is -2.02. The Balaban J connectivity index is 0. The monoisotopic (exact) mass is 326 g/mol. The SMILES string of the molecule is CC(=O)O.CC(=O)[O-].Nc1ccc(-c2ccc(N)cc2)cc1.[Na+]. The van der Waals surface area contributed by atoms with E-state index < -0.39 is 11.9 Å². The van der Waals surface area contributed by atoms with Gasteiger partial charge in [0.15, 0.2) is 0 Å². The predicted octanol–water partition coefficient (Wildman–Crippen LogP) is -1.63. The molecule has 2 aromatic carbocycles. The summed E-state index contributed by atoms with van der Waals surface area (Å²) in [6.45, 7) is 2.06. The average molecular weight is 326 g/mol. The van der Waals surface area contributed by atoms with E-state index >= 15 is 0 Å². The van der Waals surface area contributed by atoms with Gasteiger partial charge in [0.05, 0.1) is 0 Å². The van der Waals surface area contributed by atoms with Crippen LogP contribution in [-0.2, 0) is 9.59 Å². The van der Waals surface area contributed by atoms with Crippen LogP contribution >= 0.6 is 0 Å². The van der Waals surface area contributed by atoms with Crippen LogP contribution in [0.4, 0.5) is 11.4 Å². The molecule has 0 aliphatic heterocycles. The molecule has 2 aromatic rings. The first-order chi connectivity index (χ1) is 10.2. The average Bonchev–Trinajstić information content (AvgIpc) is 2.39. The molecule has 0 bridgehead atoms. The molecule has 0 amide bonds. The number of hydrogen-bond acceptors (Lipinski definition) is 5. The van der Waals surface area contributed by atoms with Gasteiger partial charge in [-0.2, -0.15) is 0 Å². The van der Waals surface area contributed by atoms with Gasteiger partial charge in [-0.25, -0.2) is 0 Å². The molecular formula is C16H19N2NaO4. The summed E-state index contributed by atoms with van der Waals surface area (Å²) >= 11 is 0. The molecule has 23 heavy (non-hydrogen) atoms. The van der Waals surface area contributed by atoms with Gasteiger partial charge < -0.3 is 26.5 Å². The number of benzene rings is 2. The molecule has 0 saturated carbocycles. The molecule has 118 valence electrons. The van der Waals surface area contributed by atoms with Gasteiger partial charge >= 0.3 is 29.6 Å². The Bertz CT molecular complexity index is 535. The first kappa shape index (κ1) is 23.2. The topological polar surface area (TPSA) is 129 Å². The summed E-state index contributed by atoms with van der Waals surface area (Å²) in [6, 6.07) is 15.6. The molecule has 7 heteroatoms. The number of nitrogens with two attached hydrogens (primary N) is 2. The Morgan fingerprint density at radius 1 is 0.826 bits per heavy atom. The molecule has 6 nitrogen and oxygen atoms in total. The Morgan fingerprint density at radius 2 is 1.00 bits per heavy atom. The summed E-state index contributed by atoms with van der Waals surface area (Å²) in [5.74, 6) is -1.92. The second-order valence-corrected chi connectivity index (χ2v) is 4.25. The maximum Gasteiger partial charge on any atom is 1.00 e. The van der Waals surface area contributed by atoms with E-state index in [0.717, 1.165) is 36.3 Å². The van der Waals surface area contributed by atoms with Crippen LogP contribution in [0.2, 0.25) is 0 Å². The third-order valence-electron chi connectivity index (χ3n) is 2.15. The third kappa shape index (κ3) is 13.4. The van der Waals surface area contributed by atoms with E-state index in [4.69, 9.17) is 31.3 Å². The van der Waals surface area contributed by atoms with Crippen LogP contribution in [0.15, 0.2) is 48.5 Å². The molecule has 0 radical (unpaired) electrons. The second kappa shape index (κ2) is 12.5. The third-order valence-corrected chi connectivity index (χ3v) is 2.15. The number of aliphatic carboxylic acids is 2. The summed E-state index contributed by atoms with van der Waals surface area (Å²) in [7, 11) is 0. The molecule has 2 rings (SSSR count). The van der Waals surface area contributed by atoms with E-state index in [9.17, 15) is 0 Å². The molecular weight excluding hydrogens is 307 g/mol. The van der Waals surface area contributed by atoms with Gasteiger partial charge in [0.2, 0.25) is 0 Å². The van der Waals surface area contributed by atoms with Gasteiger partial charge in [0.25, 0.3) is 5.97 Å². The van der Waals surface area contributed by atoms with E-state index in [0.29, 0.717) is 0 Å². The van der Waals surface area contributed by atoms with Crippen molar-refractivity contribution < 1.29 is 49.4 Å². The molecule has 0 aliphatic carbocycles. The van der Waals surface area contributed by atoms with Crippen molar-refractivity contribution in [2.24, 2.45) is 0 Å². The van der Waals surface area contributed by atoms with Crippen LogP contribution < -0.4 is 46.1 Å². The summed E-state index contributed by atoms with van der Waals surface area (Å²) in [5.41, 5.74) is 15.1. The van der Waals surface area contributed by atoms with Gasteiger partial charge in [0, 0.05) is 24.3 Å². The normalized spacial score (nSPS) is 8.26. The quantitative estimate of drug-likeness (QED) is 0.426. The second-order valence-electron chi connectivity index (χ2n) is 4.25. The number of carboxylic acids is 2. The molecule has 5 N–H and O–H groups in total. The summed E-state index contributed by atoms with van der Waals surface area (Å²) in [4.78, 5) is 17.9. The Morgan fingerprint density at radius 3 is 1.17 bits per heavy atom. The fraction of sp³-hybridized carbons (Fsp3) is 0.125. The predicted molar refractivity (Wildman–Crippen MR) is 84.7 cm³/mol. The van der Waals surface area contributed by atoms with Crippen molar-refractivity contribution >= 4 is 23.3 Å². The molecule has 0 heterocycles. The van der Waals surface area contributed by atoms with Crippen molar-refractivity contribution in [3.63, 3.8) is 0 Å². The van der Waals surface area contributed by atoms with E-state index in [1.807, 2.05) is 48.5 Å². The van der Waals surface area contributed by atoms with E-state index in [1.165, 1.54) is 0 Å². The Kier molecular flexibility index (Phi) is 12.7. The van der Waals surface area contributed by atoms with Crippen LogP contribution in [0.3, 0.4) is 0 Å². The fourth-order valence-corrected chi connectivity index (χ4v) is 1.35. The van der Waals surface area contributed by atoms with Crippen molar-refractivity contribution in [1.82, 2.24) is 0 Å². The van der Waals surface area contributed by atoms with Crippen LogP contribution in [0.5, 0.6) is 0 Å². The molecule has 0 atom stereocenters. The van der Waals surface area contributed by atoms with Crippen molar-refractivity contribution in [2.75, 3.05) is 11.5 Å². The van der Waals surface area contributed by atoms with Crippen molar-refractivity contribution in [3.8, 4) is 11.1 Å². The largest absolute Gasteiger partial charge is 1.00 e. The summed E-state index contributed by atoms with van der Waals surface area (Å²) < 4.78 is 0. The number of carbonyl (C=O) groups excluding carboxylic acids is 1. The zero-order chi connectivity index (χ0) is 17.1. The molecule has 0 aliphatic rings. The smallest absolute Gasteiger partial charge is 0.550 e. The molecule has 0 spiro atoms. The van der Waals surface area contributed by atoms with Crippen molar-refractivity contribution in [2.45, 2.75) is 13.8 Å². The molecule has 0 saturated heterocycles. The molecule has 0 aromatic heterocycles. The number of carboxylic acid groups (broad SMARTS) is 2. The van der Waals surface area contributed by atoms with E-state index in [-0.39, 0.29) is 29.6 Å². The van der Waals surface area contributed by atoms with Crippen molar-refractivity contribution in [3.05, 3.63) is 48.5 Å². The van der Waals surface area contributed by atoms with Crippen LogP contribution in [0.1, 0.15) is 13.8 Å². The van der Waals surface area contributed by atoms with E-state index in [1.54, 1.807) is 0 Å². The minimum Gasteiger partial charge on any atom is -0.550 e. The minimum atomic E-state index is -1.08. The first-order valence-electron chi connectivity index (χ1n) is 6.31. The zero-order valence-electron chi connectivity index (χ0n) is 13.4. The van der Waals surface area contributed by atoms with Gasteiger partial charge in [-0.1, -0.05) is 24.3 Å². The van der Waals surface area contributed by atoms with Crippen LogP contribution in [-0.4, -0.2) is 17.0 Å². The number of anilines is 2. The van der Waals surface area contributed by atoms with E-state index in [2.05, 4.69) is 0 Å². The Labute approximate surface area is 157 Å². The zero-order valence-corrected chi connectivity index (χ0v) is 15.4. The minimum absolute atomic E-state index is 0. The number of rotatable bonds is 1. The fourth-order valence-electron chi connectivity index (χ4n) is 1.35. The van der Waals surface area contributed by atoms with Gasteiger partial charge in [-0.15, -0.1) is 0 Å². The molecule has 0 unspecified atom stereocenters. The number of nitrogen functional groups attached to an aromatic ring is 2. The maximum atomic E-state index is 9.00. The first-order valence-corrected chi connectivity index (χ1v) is 6.31. The summed E-state index contributed by atoms with van der Waals surface area (Å²) in [5, 5.41) is 16.3. The standard InChI is InChI=1S/C12H12N2.2C2H4O2.Na/c13-11-5-1-9(2-6-11)10-3-7-12(14)8-4-10;2*1-2(3)4;/h1-8H,13-14H2;2*1H3,(H,3,4);/q;;;+1/p-1. The molecule has 0 fully saturated rings. The number of hydrogen-bond donors (Lipinski definition) is 3. The van der Waals surface area contributed by atoms with Crippen LogP contribution in [0.25, 0.3) is 11.1 Å². The summed E-state index contributed by atoms with van der Waals surface area (Å²) in [6.07, 6.45) is 0.